The van der Waals surface area contributed by atoms with Crippen molar-refractivity contribution < 1.29 is 23.9 Å². The summed E-state index contributed by atoms with van der Waals surface area (Å²) >= 11 is 7.57. The lowest BCUT2D eigenvalue weighted by atomic mass is 10.0. The topological polar surface area (TPSA) is 106 Å². The van der Waals surface area contributed by atoms with Gasteiger partial charge in [0.25, 0.3) is 11.8 Å². The standard InChI is InChI=1S/C36H36ClN3O5S/c1-22(2)25-16-14-24(15-17-25)18-31(40-35(42)26-10-7-6-8-11-26)36(43)38-27-12-9-13-28(19-27)46-23(3)34(41)39-30-20-29(37)32(44-4)21-33(30)45-5/h6-23H,1-5H3,(H,38,43)(H,39,41)(H,40,42)/b31-18+. The number of carbonyl (C=O) groups is 3. The van der Waals surface area contributed by atoms with Crippen LogP contribution in [0, 0.1) is 0 Å². The van der Waals surface area contributed by atoms with E-state index >= 15 is 0 Å². The van der Waals surface area contributed by atoms with Crippen molar-refractivity contribution in [3.05, 3.63) is 118 Å². The molecular weight excluding hydrogens is 622 g/mol. The van der Waals surface area contributed by atoms with Crippen LogP contribution in [0.3, 0.4) is 0 Å². The molecule has 1 unspecified atom stereocenters. The SMILES string of the molecule is COc1cc(OC)c(NC(=O)C(C)Sc2cccc(NC(=O)/C(=C\c3ccc(C(C)C)cc3)NC(=O)c3ccccc3)c2)cc1Cl. The number of nitrogens with one attached hydrogen (secondary N) is 3. The Labute approximate surface area is 278 Å². The summed E-state index contributed by atoms with van der Waals surface area (Å²) in [4.78, 5) is 40.4. The minimum absolute atomic E-state index is 0.0871. The number of amides is 3. The molecule has 46 heavy (non-hydrogen) atoms. The van der Waals surface area contributed by atoms with Gasteiger partial charge in [-0.05, 0) is 66.4 Å². The molecule has 8 nitrogen and oxygen atoms in total. The van der Waals surface area contributed by atoms with Crippen LogP contribution in [0.25, 0.3) is 6.08 Å². The number of halogens is 1. The third kappa shape index (κ3) is 9.15. The molecule has 3 N–H and O–H groups in total. The Kier molecular flexibility index (Phi) is 11.9. The quantitative estimate of drug-likeness (QED) is 0.105. The molecule has 0 saturated heterocycles. The Morgan fingerprint density at radius 3 is 2.15 bits per heavy atom. The third-order valence-corrected chi connectivity index (χ3v) is 8.34. The Balaban J connectivity index is 1.49. The van der Waals surface area contributed by atoms with Crippen LogP contribution >= 0.6 is 23.4 Å². The van der Waals surface area contributed by atoms with Gasteiger partial charge in [-0.15, -0.1) is 11.8 Å². The fourth-order valence-electron chi connectivity index (χ4n) is 4.38. The summed E-state index contributed by atoms with van der Waals surface area (Å²) in [5, 5.41) is 8.34. The van der Waals surface area contributed by atoms with E-state index in [9.17, 15) is 14.4 Å². The van der Waals surface area contributed by atoms with Gasteiger partial charge in [0.15, 0.2) is 0 Å². The molecule has 0 aliphatic heterocycles. The molecule has 10 heteroatoms. The van der Waals surface area contributed by atoms with Gasteiger partial charge in [0.05, 0.1) is 30.2 Å². The van der Waals surface area contributed by atoms with Crippen LogP contribution in [0.2, 0.25) is 5.02 Å². The highest BCUT2D eigenvalue weighted by molar-refractivity contribution is 8.00. The van der Waals surface area contributed by atoms with Gasteiger partial charge in [-0.1, -0.05) is 74.0 Å². The predicted octanol–water partition coefficient (Wildman–Crippen LogP) is 8.01. The molecule has 0 spiro atoms. The molecule has 0 fully saturated rings. The van der Waals surface area contributed by atoms with Crippen LogP contribution in [0.15, 0.2) is 102 Å². The maximum absolute atomic E-state index is 13.5. The third-order valence-electron chi connectivity index (χ3n) is 6.95. The van der Waals surface area contributed by atoms with Crippen LogP contribution < -0.4 is 25.4 Å². The molecule has 0 bridgehead atoms. The average Bonchev–Trinajstić information content (AvgIpc) is 3.05. The van der Waals surface area contributed by atoms with Crippen molar-refractivity contribution in [3.63, 3.8) is 0 Å². The minimum atomic E-state index is -0.508. The van der Waals surface area contributed by atoms with E-state index in [-0.39, 0.29) is 11.6 Å². The van der Waals surface area contributed by atoms with Crippen LogP contribution in [-0.4, -0.2) is 37.2 Å². The lowest BCUT2D eigenvalue weighted by Gasteiger charge is -2.16. The zero-order valence-corrected chi connectivity index (χ0v) is 27.8. The normalized spacial score (nSPS) is 11.8. The monoisotopic (exact) mass is 657 g/mol. The molecule has 4 rings (SSSR count). The van der Waals surface area contributed by atoms with E-state index in [2.05, 4.69) is 29.8 Å². The van der Waals surface area contributed by atoms with Gasteiger partial charge in [-0.2, -0.15) is 0 Å². The maximum Gasteiger partial charge on any atom is 0.272 e. The summed E-state index contributed by atoms with van der Waals surface area (Å²) in [6.45, 7) is 5.99. The number of hydrogen-bond acceptors (Lipinski definition) is 6. The predicted molar refractivity (Wildman–Crippen MR) is 186 cm³/mol. The Hall–Kier alpha value is -4.73. The first-order valence-corrected chi connectivity index (χ1v) is 15.8. The van der Waals surface area contributed by atoms with Crippen molar-refractivity contribution in [2.24, 2.45) is 0 Å². The molecule has 4 aromatic carbocycles. The molecule has 0 aromatic heterocycles. The van der Waals surface area contributed by atoms with Gasteiger partial charge in [0.2, 0.25) is 5.91 Å². The van der Waals surface area contributed by atoms with Crippen LogP contribution in [0.1, 0.15) is 48.2 Å². The van der Waals surface area contributed by atoms with E-state index in [4.69, 9.17) is 21.1 Å². The van der Waals surface area contributed by atoms with Crippen molar-refractivity contribution in [3.8, 4) is 11.5 Å². The summed E-state index contributed by atoms with van der Waals surface area (Å²) < 4.78 is 10.6. The van der Waals surface area contributed by atoms with E-state index in [1.165, 1.54) is 31.5 Å². The molecule has 238 valence electrons. The fourth-order valence-corrected chi connectivity index (χ4v) is 5.55. The summed E-state index contributed by atoms with van der Waals surface area (Å²) in [6, 6.07) is 26.8. The summed E-state index contributed by atoms with van der Waals surface area (Å²) in [5.74, 6) is 0.0426. The molecular formula is C36H36ClN3O5S. The summed E-state index contributed by atoms with van der Waals surface area (Å²) in [7, 11) is 2.99. The molecule has 0 radical (unpaired) electrons. The Bertz CT molecular complexity index is 1730. The van der Waals surface area contributed by atoms with E-state index in [1.807, 2.05) is 36.4 Å². The second kappa shape index (κ2) is 16.0. The van der Waals surface area contributed by atoms with E-state index in [0.717, 1.165) is 10.5 Å². The molecule has 0 aliphatic rings. The number of benzene rings is 4. The second-order valence-corrected chi connectivity index (χ2v) is 12.4. The number of methoxy groups -OCH3 is 2. The first-order chi connectivity index (χ1) is 22.1. The molecule has 4 aromatic rings. The highest BCUT2D eigenvalue weighted by atomic mass is 35.5. The first kappa shape index (κ1) is 34.1. The van der Waals surface area contributed by atoms with Gasteiger partial charge >= 0.3 is 0 Å². The first-order valence-electron chi connectivity index (χ1n) is 14.6. The highest BCUT2D eigenvalue weighted by Crippen LogP contribution is 2.36. The van der Waals surface area contributed by atoms with E-state index in [0.29, 0.717) is 39.4 Å². The van der Waals surface area contributed by atoms with Crippen LogP contribution in [0.4, 0.5) is 11.4 Å². The minimum Gasteiger partial charge on any atom is -0.495 e. The zero-order chi connectivity index (χ0) is 33.2. The van der Waals surface area contributed by atoms with Gasteiger partial charge in [-0.3, -0.25) is 14.4 Å². The molecule has 1 atom stereocenters. The number of hydrogen-bond donors (Lipinski definition) is 3. The van der Waals surface area contributed by atoms with Gasteiger partial charge in [0.1, 0.15) is 17.2 Å². The summed E-state index contributed by atoms with van der Waals surface area (Å²) in [5.41, 5.74) is 3.37. The van der Waals surface area contributed by atoms with Crippen molar-refractivity contribution >= 4 is 58.5 Å². The maximum atomic E-state index is 13.5. The molecule has 0 aliphatic carbocycles. The average molecular weight is 658 g/mol. The lowest BCUT2D eigenvalue weighted by molar-refractivity contribution is -0.115. The number of anilines is 2. The molecule has 3 amide bonds. The Morgan fingerprint density at radius 2 is 1.50 bits per heavy atom. The van der Waals surface area contributed by atoms with Gasteiger partial charge in [-0.25, -0.2) is 0 Å². The number of carbonyl (C=O) groups excluding carboxylic acids is 3. The van der Waals surface area contributed by atoms with Gasteiger partial charge in [0, 0.05) is 22.2 Å². The summed E-state index contributed by atoms with van der Waals surface area (Å²) in [6.07, 6.45) is 1.64. The fraction of sp³-hybridized carbons (Fsp3) is 0.194. The van der Waals surface area contributed by atoms with Crippen molar-refractivity contribution in [2.45, 2.75) is 36.8 Å². The highest BCUT2D eigenvalue weighted by Gasteiger charge is 2.19. The van der Waals surface area contributed by atoms with Gasteiger partial charge < -0.3 is 25.4 Å². The molecule has 0 saturated carbocycles. The number of rotatable bonds is 12. The van der Waals surface area contributed by atoms with E-state index < -0.39 is 17.1 Å². The second-order valence-electron chi connectivity index (χ2n) is 10.6. The van der Waals surface area contributed by atoms with Crippen molar-refractivity contribution in [1.82, 2.24) is 5.32 Å². The largest absolute Gasteiger partial charge is 0.495 e. The lowest BCUT2D eigenvalue weighted by Crippen LogP contribution is -2.30. The zero-order valence-electron chi connectivity index (χ0n) is 26.2. The number of thioether (sulfide) groups is 1. The van der Waals surface area contributed by atoms with Crippen molar-refractivity contribution in [2.75, 3.05) is 24.9 Å². The van der Waals surface area contributed by atoms with Crippen LogP contribution in [-0.2, 0) is 9.59 Å². The van der Waals surface area contributed by atoms with Crippen molar-refractivity contribution in [1.29, 1.82) is 0 Å². The van der Waals surface area contributed by atoms with Crippen LogP contribution in [0.5, 0.6) is 11.5 Å². The smallest absolute Gasteiger partial charge is 0.272 e. The molecule has 0 heterocycles. The number of ether oxygens (including phenoxy) is 2. The Morgan fingerprint density at radius 1 is 0.804 bits per heavy atom. The van der Waals surface area contributed by atoms with E-state index in [1.54, 1.807) is 67.6 Å².